The summed E-state index contributed by atoms with van der Waals surface area (Å²) in [6, 6.07) is 2.59. The Morgan fingerprint density at radius 3 is 2.57 bits per heavy atom. The number of nitrogens with one attached hydrogen (secondary N) is 1. The molecule has 0 saturated heterocycles. The maximum Gasteiger partial charge on any atom is 0.339 e. The predicted molar refractivity (Wildman–Crippen MR) is 81.4 cm³/mol. The van der Waals surface area contributed by atoms with E-state index in [2.05, 4.69) is 19.2 Å². The van der Waals surface area contributed by atoms with Crippen molar-refractivity contribution in [1.82, 2.24) is 5.32 Å². The smallest absolute Gasteiger partial charge is 0.339 e. The molecule has 5 nitrogen and oxygen atoms in total. The molecular weight excluding hydrogens is 317 g/mol. The Kier molecular flexibility index (Phi) is 6.78. The first-order valence-corrected chi connectivity index (χ1v) is 7.18. The van der Waals surface area contributed by atoms with Crippen LogP contribution in [0.1, 0.15) is 30.6 Å². The molecule has 0 fully saturated rings. The number of benzene rings is 1. The Morgan fingerprint density at radius 1 is 1.33 bits per heavy atom. The van der Waals surface area contributed by atoms with Crippen molar-refractivity contribution in [2.24, 2.45) is 5.92 Å². The van der Waals surface area contributed by atoms with Gasteiger partial charge < -0.3 is 15.2 Å². The SMILES string of the molecule is CC(C)CCNC(=O)COc1c(Cl)cc(Cl)cc1C(=O)O. The molecule has 7 heteroatoms. The van der Waals surface area contributed by atoms with Crippen LogP contribution in [0, 0.1) is 5.92 Å². The van der Waals surface area contributed by atoms with Gasteiger partial charge in [-0.25, -0.2) is 4.79 Å². The molecule has 0 atom stereocenters. The number of carboxylic acid groups (broad SMARTS) is 1. The molecule has 2 N–H and O–H groups in total. The van der Waals surface area contributed by atoms with Gasteiger partial charge in [-0.2, -0.15) is 0 Å². The first-order valence-electron chi connectivity index (χ1n) is 6.43. The molecule has 0 aliphatic rings. The van der Waals surface area contributed by atoms with Gasteiger partial charge in [-0.15, -0.1) is 0 Å². The first kappa shape index (κ1) is 17.6. The average Bonchev–Trinajstić information content (AvgIpc) is 2.36. The van der Waals surface area contributed by atoms with E-state index in [1.165, 1.54) is 12.1 Å². The molecule has 0 spiro atoms. The summed E-state index contributed by atoms with van der Waals surface area (Å²) >= 11 is 11.6. The number of aromatic carboxylic acids is 1. The fourth-order valence-electron chi connectivity index (χ4n) is 1.55. The summed E-state index contributed by atoms with van der Waals surface area (Å²) in [5.74, 6) is -1.14. The number of amides is 1. The van der Waals surface area contributed by atoms with E-state index in [1.807, 2.05) is 0 Å². The molecule has 1 aromatic rings. The van der Waals surface area contributed by atoms with Gasteiger partial charge in [-0.3, -0.25) is 4.79 Å². The summed E-state index contributed by atoms with van der Waals surface area (Å²) in [7, 11) is 0. The molecular formula is C14H17Cl2NO4. The molecule has 0 aliphatic carbocycles. The van der Waals surface area contributed by atoms with Gasteiger partial charge in [0.05, 0.1) is 5.02 Å². The molecule has 0 bridgehead atoms. The number of rotatable bonds is 7. The zero-order valence-corrected chi connectivity index (χ0v) is 13.3. The van der Waals surface area contributed by atoms with Gasteiger partial charge in [0, 0.05) is 11.6 Å². The van der Waals surface area contributed by atoms with Gasteiger partial charge in [0.1, 0.15) is 5.56 Å². The van der Waals surface area contributed by atoms with Gasteiger partial charge in [0.15, 0.2) is 12.4 Å². The second kappa shape index (κ2) is 8.10. The summed E-state index contributed by atoms with van der Waals surface area (Å²) in [4.78, 5) is 22.7. The first-order chi connectivity index (χ1) is 9.81. The maximum absolute atomic E-state index is 11.6. The van der Waals surface area contributed by atoms with E-state index < -0.39 is 5.97 Å². The van der Waals surface area contributed by atoms with Crippen molar-refractivity contribution < 1.29 is 19.4 Å². The number of hydrogen-bond acceptors (Lipinski definition) is 3. The molecule has 0 aliphatic heterocycles. The van der Waals surface area contributed by atoms with E-state index in [4.69, 9.17) is 33.0 Å². The summed E-state index contributed by atoms with van der Waals surface area (Å²) in [6.45, 7) is 4.34. The van der Waals surface area contributed by atoms with Crippen LogP contribution in [0.3, 0.4) is 0 Å². The van der Waals surface area contributed by atoms with Crippen molar-refractivity contribution >= 4 is 35.1 Å². The molecule has 116 valence electrons. The molecule has 0 radical (unpaired) electrons. The standard InChI is InChI=1S/C14H17Cl2NO4/c1-8(2)3-4-17-12(18)7-21-13-10(14(19)20)5-9(15)6-11(13)16/h5-6,8H,3-4,7H2,1-2H3,(H,17,18)(H,19,20). The third-order valence-corrected chi connectivity index (χ3v) is 3.13. The van der Waals surface area contributed by atoms with Crippen LogP contribution in [0.5, 0.6) is 5.75 Å². The molecule has 1 rings (SSSR count). The van der Waals surface area contributed by atoms with Crippen LogP contribution in [0.2, 0.25) is 10.0 Å². The van der Waals surface area contributed by atoms with E-state index in [0.717, 1.165) is 6.42 Å². The van der Waals surface area contributed by atoms with Crippen LogP contribution in [0.4, 0.5) is 0 Å². The van der Waals surface area contributed by atoms with Crippen LogP contribution in [0.15, 0.2) is 12.1 Å². The summed E-state index contributed by atoms with van der Waals surface area (Å²) in [6.07, 6.45) is 0.855. The zero-order valence-electron chi connectivity index (χ0n) is 11.8. The van der Waals surface area contributed by atoms with E-state index in [-0.39, 0.29) is 33.9 Å². The van der Waals surface area contributed by atoms with E-state index in [0.29, 0.717) is 12.5 Å². The monoisotopic (exact) mass is 333 g/mol. The fourth-order valence-corrected chi connectivity index (χ4v) is 2.10. The van der Waals surface area contributed by atoms with Gasteiger partial charge in [-0.1, -0.05) is 37.0 Å². The Bertz CT molecular complexity index is 532. The fraction of sp³-hybridized carbons (Fsp3) is 0.429. The third kappa shape index (κ3) is 5.81. The number of halogens is 2. The molecule has 0 unspecified atom stereocenters. The number of carboxylic acids is 1. The third-order valence-electron chi connectivity index (χ3n) is 2.63. The summed E-state index contributed by atoms with van der Waals surface area (Å²) in [5, 5.41) is 12.0. The lowest BCUT2D eigenvalue weighted by atomic mass is 10.1. The van der Waals surface area contributed by atoms with Crippen LogP contribution in [-0.2, 0) is 4.79 Å². The lowest BCUT2D eigenvalue weighted by Crippen LogP contribution is -2.30. The van der Waals surface area contributed by atoms with Crippen molar-refractivity contribution in [2.75, 3.05) is 13.2 Å². The highest BCUT2D eigenvalue weighted by atomic mass is 35.5. The van der Waals surface area contributed by atoms with Crippen molar-refractivity contribution in [3.63, 3.8) is 0 Å². The second-order valence-electron chi connectivity index (χ2n) is 4.89. The van der Waals surface area contributed by atoms with Crippen molar-refractivity contribution in [1.29, 1.82) is 0 Å². The minimum Gasteiger partial charge on any atom is -0.481 e. The molecule has 0 aromatic heterocycles. The van der Waals surface area contributed by atoms with Crippen molar-refractivity contribution in [3.05, 3.63) is 27.7 Å². The Morgan fingerprint density at radius 2 is 2.00 bits per heavy atom. The highest BCUT2D eigenvalue weighted by Gasteiger charge is 2.17. The Balaban J connectivity index is 2.67. The largest absolute Gasteiger partial charge is 0.481 e. The van der Waals surface area contributed by atoms with E-state index >= 15 is 0 Å². The second-order valence-corrected chi connectivity index (χ2v) is 5.73. The van der Waals surface area contributed by atoms with Crippen LogP contribution >= 0.6 is 23.2 Å². The molecule has 0 saturated carbocycles. The van der Waals surface area contributed by atoms with Gasteiger partial charge in [0.25, 0.3) is 5.91 Å². The lowest BCUT2D eigenvalue weighted by molar-refractivity contribution is -0.123. The molecule has 1 aromatic carbocycles. The number of carbonyl (C=O) groups excluding carboxylic acids is 1. The van der Waals surface area contributed by atoms with Crippen LogP contribution in [0.25, 0.3) is 0 Å². The van der Waals surface area contributed by atoms with E-state index in [9.17, 15) is 9.59 Å². The van der Waals surface area contributed by atoms with Gasteiger partial charge in [0.2, 0.25) is 0 Å². The minimum atomic E-state index is -1.23. The topological polar surface area (TPSA) is 75.6 Å². The lowest BCUT2D eigenvalue weighted by Gasteiger charge is -2.12. The Labute approximate surface area is 133 Å². The molecule has 21 heavy (non-hydrogen) atoms. The minimum absolute atomic E-state index is 0.0508. The molecule has 0 heterocycles. The zero-order chi connectivity index (χ0) is 16.0. The Hall–Kier alpha value is -1.46. The highest BCUT2D eigenvalue weighted by molar-refractivity contribution is 6.36. The van der Waals surface area contributed by atoms with Gasteiger partial charge >= 0.3 is 5.97 Å². The van der Waals surface area contributed by atoms with Crippen molar-refractivity contribution in [3.8, 4) is 5.75 Å². The normalized spacial score (nSPS) is 10.5. The highest BCUT2D eigenvalue weighted by Crippen LogP contribution is 2.32. The number of ether oxygens (including phenoxy) is 1. The number of carbonyl (C=O) groups is 2. The maximum atomic E-state index is 11.6. The average molecular weight is 334 g/mol. The predicted octanol–water partition coefficient (Wildman–Crippen LogP) is 3.23. The van der Waals surface area contributed by atoms with Crippen LogP contribution < -0.4 is 10.1 Å². The van der Waals surface area contributed by atoms with Crippen molar-refractivity contribution in [2.45, 2.75) is 20.3 Å². The van der Waals surface area contributed by atoms with Crippen LogP contribution in [-0.4, -0.2) is 30.1 Å². The van der Waals surface area contributed by atoms with Gasteiger partial charge in [-0.05, 0) is 24.5 Å². The molecule has 1 amide bonds. The number of hydrogen-bond donors (Lipinski definition) is 2. The summed E-state index contributed by atoms with van der Waals surface area (Å²) < 4.78 is 5.22. The summed E-state index contributed by atoms with van der Waals surface area (Å²) in [5.41, 5.74) is -0.178. The quantitative estimate of drug-likeness (QED) is 0.803. The van der Waals surface area contributed by atoms with E-state index in [1.54, 1.807) is 0 Å².